The number of nitrogens with zero attached hydrogens (tertiary/aromatic N) is 3. The zero-order valence-electron chi connectivity index (χ0n) is 38.6. The first-order valence-electron chi connectivity index (χ1n) is 22.5. The number of carboxylic acid groups (broad SMARTS) is 1. The number of Topliss-reactive ketones (excluding diaryl/α,β-unsaturated/α-hetero) is 2. The number of alkyl halides is 4. The molecule has 0 bridgehead atoms. The van der Waals surface area contributed by atoms with Crippen molar-refractivity contribution in [2.24, 2.45) is 0 Å². The van der Waals surface area contributed by atoms with Gasteiger partial charge in [-0.25, -0.2) is 31.9 Å². The molecular weight excluding hydrogens is 903 g/mol. The molecule has 0 aromatic heterocycles. The van der Waals surface area contributed by atoms with E-state index < -0.39 is 103 Å². The molecule has 0 atom stereocenters. The minimum atomic E-state index is -2.86. The third-order valence-corrected chi connectivity index (χ3v) is 12.5. The zero-order valence-corrected chi connectivity index (χ0v) is 38.6. The summed E-state index contributed by atoms with van der Waals surface area (Å²) >= 11 is 0. The molecule has 4 fully saturated rings. The number of urea groups is 2. The predicted molar refractivity (Wildman–Crippen MR) is 246 cm³/mol. The van der Waals surface area contributed by atoms with Crippen LogP contribution in [0.2, 0.25) is 0 Å². The maximum atomic E-state index is 13.5. The summed E-state index contributed by atoms with van der Waals surface area (Å²) < 4.78 is 54.1. The normalized spacial score (nSPS) is 18.3. The zero-order chi connectivity index (χ0) is 50.5. The van der Waals surface area contributed by atoms with E-state index in [1.54, 1.807) is 80.8 Å². The van der Waals surface area contributed by atoms with E-state index >= 15 is 0 Å². The molecular formula is C51H53F4N5O9. The number of imide groups is 2. The van der Waals surface area contributed by atoms with E-state index in [1.165, 1.54) is 29.5 Å². The Balaban J connectivity index is 0.000000215. The molecule has 2 saturated heterocycles. The molecule has 2 heterocycles. The van der Waals surface area contributed by atoms with Crippen LogP contribution >= 0.6 is 0 Å². The number of aromatic carboxylic acids is 1. The highest BCUT2D eigenvalue weighted by Crippen LogP contribution is 2.43. The van der Waals surface area contributed by atoms with E-state index in [0.717, 1.165) is 15.4 Å². The summed E-state index contributed by atoms with van der Waals surface area (Å²) in [5.74, 6) is -9.17. The quantitative estimate of drug-likeness (QED) is 0.0792. The summed E-state index contributed by atoms with van der Waals surface area (Å²) in [6.45, 7) is 3.27. The number of carbonyl (C=O) groups excluding carboxylic acids is 7. The van der Waals surface area contributed by atoms with E-state index in [-0.39, 0.29) is 48.3 Å². The first-order valence-corrected chi connectivity index (χ1v) is 22.5. The summed E-state index contributed by atoms with van der Waals surface area (Å²) in [6, 6.07) is 24.8. The van der Waals surface area contributed by atoms with E-state index in [9.17, 15) is 61.0 Å². The lowest BCUT2D eigenvalue weighted by molar-refractivity contribution is -0.136. The SMILES string of the molecule is CCC.CN(C)C(=O)c1ccccc1-c1ccc(C(=O)CN2C(=O)NC3(CCC(F)(F)CC3)C2=O)cc1.O=C(CN1C(=O)NC2(CCC(F)(F)CC2)C1=O)c1ccc(-c2ccccc2C(=O)O)cc1. The standard InChI is InChI=1S/C25H25F2N3O4.C23H20F2N2O5.C3H8/c1-29(2)21(32)19-6-4-3-5-18(19)16-7-9-17(10-8-16)20(31)15-30-22(33)24(28-23(30)34)11-13-25(26,27)14-12-24;24-23(25)11-9-22(10-12-23)20(31)27(21(32)26-22)13-18(28)15-7-5-14(6-8-15)16-3-1-2-4-17(16)19(29)30;1-3-2/h3-10H,11-15H2,1-2H3,(H,28,34);1-8H,9-13H2,(H,26,32)(H,29,30);3H2,1-2H3. The molecule has 2 saturated carbocycles. The molecule has 18 heteroatoms. The number of benzene rings is 4. The van der Waals surface area contributed by atoms with Gasteiger partial charge in [0.05, 0.1) is 18.7 Å². The molecule has 69 heavy (non-hydrogen) atoms. The van der Waals surface area contributed by atoms with Crippen LogP contribution in [0.15, 0.2) is 97.1 Å². The van der Waals surface area contributed by atoms with Gasteiger partial charge in [-0.15, -0.1) is 0 Å². The third kappa shape index (κ3) is 11.2. The van der Waals surface area contributed by atoms with Crippen molar-refractivity contribution in [3.8, 4) is 22.3 Å². The Morgan fingerprint density at radius 1 is 0.551 bits per heavy atom. The van der Waals surface area contributed by atoms with Crippen LogP contribution in [0.25, 0.3) is 22.3 Å². The largest absolute Gasteiger partial charge is 0.478 e. The monoisotopic (exact) mass is 955 g/mol. The van der Waals surface area contributed by atoms with Crippen LogP contribution in [0.5, 0.6) is 0 Å². The van der Waals surface area contributed by atoms with Crippen molar-refractivity contribution in [2.75, 3.05) is 27.2 Å². The van der Waals surface area contributed by atoms with Crippen LogP contribution < -0.4 is 10.6 Å². The molecule has 2 aliphatic heterocycles. The molecule has 3 N–H and O–H groups in total. The second kappa shape index (κ2) is 20.5. The topological polar surface area (TPSA) is 191 Å². The summed E-state index contributed by atoms with van der Waals surface area (Å²) in [5, 5.41) is 14.4. The summed E-state index contributed by atoms with van der Waals surface area (Å²) in [7, 11) is 3.33. The average molecular weight is 956 g/mol. The Bertz CT molecular complexity index is 2630. The van der Waals surface area contributed by atoms with Gasteiger partial charge in [0.25, 0.3) is 17.7 Å². The van der Waals surface area contributed by atoms with Crippen LogP contribution in [-0.4, -0.2) is 117 Å². The molecule has 8 rings (SSSR count). The Hall–Kier alpha value is -7.24. The molecule has 364 valence electrons. The molecule has 2 spiro atoms. The Kier molecular flexibility index (Phi) is 15.2. The fourth-order valence-electron chi connectivity index (χ4n) is 8.63. The molecule has 7 amide bonds. The van der Waals surface area contributed by atoms with Crippen molar-refractivity contribution in [1.29, 1.82) is 0 Å². The molecule has 14 nitrogen and oxygen atoms in total. The fourth-order valence-corrected chi connectivity index (χ4v) is 8.63. The number of carboxylic acids is 1. The van der Waals surface area contributed by atoms with Crippen LogP contribution in [0.3, 0.4) is 0 Å². The summed E-state index contributed by atoms with van der Waals surface area (Å²) in [5.41, 5.74) is 0.971. The second-order valence-electron chi connectivity index (χ2n) is 17.8. The molecule has 2 aliphatic carbocycles. The number of hydrogen-bond donors (Lipinski definition) is 3. The predicted octanol–water partition coefficient (Wildman–Crippen LogP) is 8.89. The van der Waals surface area contributed by atoms with E-state index in [2.05, 4.69) is 24.5 Å². The minimum absolute atomic E-state index is 0.120. The molecule has 4 aliphatic rings. The van der Waals surface area contributed by atoms with Crippen LogP contribution in [-0.2, 0) is 9.59 Å². The van der Waals surface area contributed by atoms with Gasteiger partial charge in [-0.1, -0.05) is 105 Å². The number of halogens is 4. The Morgan fingerprint density at radius 2 is 0.884 bits per heavy atom. The Labute approximate surface area is 396 Å². The van der Waals surface area contributed by atoms with Crippen LogP contribution in [0, 0.1) is 0 Å². The van der Waals surface area contributed by atoms with Crippen LogP contribution in [0.1, 0.15) is 113 Å². The highest BCUT2D eigenvalue weighted by Gasteiger charge is 2.57. The van der Waals surface area contributed by atoms with Gasteiger partial charge in [-0.3, -0.25) is 33.8 Å². The lowest BCUT2D eigenvalue weighted by atomic mass is 9.80. The first kappa shape index (κ1) is 51.2. The molecule has 0 unspecified atom stereocenters. The molecule has 4 aromatic rings. The third-order valence-electron chi connectivity index (χ3n) is 12.5. The van der Waals surface area contributed by atoms with Gasteiger partial charge in [0.2, 0.25) is 11.8 Å². The number of rotatable bonds is 10. The van der Waals surface area contributed by atoms with Crippen molar-refractivity contribution < 1.29 is 61.0 Å². The van der Waals surface area contributed by atoms with E-state index in [1.807, 2.05) is 12.1 Å². The van der Waals surface area contributed by atoms with Crippen molar-refractivity contribution in [3.05, 3.63) is 119 Å². The average Bonchev–Trinajstić information content (AvgIpc) is 3.70. The number of nitrogens with one attached hydrogen (secondary N) is 2. The van der Waals surface area contributed by atoms with Crippen molar-refractivity contribution in [1.82, 2.24) is 25.3 Å². The minimum Gasteiger partial charge on any atom is -0.478 e. The number of ketones is 2. The lowest BCUT2D eigenvalue weighted by Gasteiger charge is -2.34. The van der Waals surface area contributed by atoms with Crippen molar-refractivity contribution in [3.63, 3.8) is 0 Å². The van der Waals surface area contributed by atoms with Gasteiger partial charge in [0.15, 0.2) is 11.6 Å². The number of amides is 7. The van der Waals surface area contributed by atoms with Gasteiger partial charge < -0.3 is 20.6 Å². The lowest BCUT2D eigenvalue weighted by Crippen LogP contribution is -2.51. The highest BCUT2D eigenvalue weighted by molar-refractivity contribution is 6.12. The van der Waals surface area contributed by atoms with Crippen LogP contribution in [0.4, 0.5) is 27.2 Å². The van der Waals surface area contributed by atoms with E-state index in [0.29, 0.717) is 22.3 Å². The maximum absolute atomic E-state index is 13.5. The second-order valence-corrected chi connectivity index (χ2v) is 17.8. The van der Waals surface area contributed by atoms with Gasteiger partial charge in [0, 0.05) is 56.5 Å². The van der Waals surface area contributed by atoms with E-state index in [4.69, 9.17) is 0 Å². The van der Waals surface area contributed by atoms with Gasteiger partial charge in [-0.2, -0.15) is 0 Å². The Morgan fingerprint density at radius 3 is 1.23 bits per heavy atom. The van der Waals surface area contributed by atoms with Gasteiger partial charge >= 0.3 is 18.0 Å². The highest BCUT2D eigenvalue weighted by atomic mass is 19.3. The maximum Gasteiger partial charge on any atom is 0.336 e. The van der Waals surface area contributed by atoms with Gasteiger partial charge in [0.1, 0.15) is 11.1 Å². The van der Waals surface area contributed by atoms with Gasteiger partial charge in [-0.05, 0) is 60.1 Å². The smallest absolute Gasteiger partial charge is 0.336 e. The summed E-state index contributed by atoms with van der Waals surface area (Å²) in [6.07, 6.45) is -1.38. The van der Waals surface area contributed by atoms with Crippen molar-refractivity contribution >= 4 is 47.3 Å². The molecule has 0 radical (unpaired) electrons. The fraction of sp³-hybridized carbons (Fsp3) is 0.373. The summed E-state index contributed by atoms with van der Waals surface area (Å²) in [4.78, 5) is 103. The number of hydrogen-bond acceptors (Lipinski definition) is 8. The first-order chi connectivity index (χ1) is 32.6. The molecule has 4 aromatic carbocycles. The number of carbonyl (C=O) groups is 8. The van der Waals surface area contributed by atoms with Crippen molar-refractivity contribution in [2.45, 2.75) is 94.6 Å².